The number of aliphatic hydroxyl groups is 5. The first-order valence-corrected chi connectivity index (χ1v) is 24.9. The molecular formula is C49H95NO8. The van der Waals surface area contributed by atoms with Crippen LogP contribution in [0.3, 0.4) is 0 Å². The van der Waals surface area contributed by atoms with Gasteiger partial charge in [0.25, 0.3) is 0 Å². The van der Waals surface area contributed by atoms with Gasteiger partial charge in [0.15, 0.2) is 6.29 Å². The molecule has 7 atom stereocenters. The number of hydrogen-bond donors (Lipinski definition) is 6. The average Bonchev–Trinajstić information content (AvgIpc) is 3.22. The van der Waals surface area contributed by atoms with Crippen molar-refractivity contribution in [3.63, 3.8) is 0 Å². The minimum absolute atomic E-state index is 0.172. The van der Waals surface area contributed by atoms with Crippen molar-refractivity contribution in [3.8, 4) is 0 Å². The van der Waals surface area contributed by atoms with Crippen LogP contribution in [-0.4, -0.2) is 87.5 Å². The minimum atomic E-state index is -1.56. The second-order valence-corrected chi connectivity index (χ2v) is 17.6. The van der Waals surface area contributed by atoms with Gasteiger partial charge in [0.05, 0.1) is 25.4 Å². The van der Waals surface area contributed by atoms with Gasteiger partial charge in [-0.3, -0.25) is 4.79 Å². The molecule has 1 saturated heterocycles. The van der Waals surface area contributed by atoms with Crippen molar-refractivity contribution >= 4 is 5.91 Å². The van der Waals surface area contributed by atoms with Crippen molar-refractivity contribution in [2.75, 3.05) is 13.2 Å². The molecule has 0 spiro atoms. The van der Waals surface area contributed by atoms with Crippen LogP contribution in [0, 0.1) is 0 Å². The van der Waals surface area contributed by atoms with Gasteiger partial charge in [-0.1, -0.05) is 225 Å². The first-order valence-electron chi connectivity index (χ1n) is 24.9. The predicted molar refractivity (Wildman–Crippen MR) is 240 cm³/mol. The van der Waals surface area contributed by atoms with E-state index in [1.54, 1.807) is 6.08 Å². The summed E-state index contributed by atoms with van der Waals surface area (Å²) in [5, 5.41) is 54.3. The molecule has 1 rings (SSSR count). The number of aliphatic hydroxyl groups excluding tert-OH is 5. The Morgan fingerprint density at radius 2 is 0.948 bits per heavy atom. The molecular weight excluding hydrogens is 731 g/mol. The monoisotopic (exact) mass is 826 g/mol. The zero-order valence-electron chi connectivity index (χ0n) is 37.8. The van der Waals surface area contributed by atoms with Gasteiger partial charge in [-0.15, -0.1) is 0 Å². The lowest BCUT2D eigenvalue weighted by molar-refractivity contribution is -0.302. The number of amides is 1. The molecule has 58 heavy (non-hydrogen) atoms. The second kappa shape index (κ2) is 40.0. The Bertz CT molecular complexity index is 919. The van der Waals surface area contributed by atoms with Crippen LogP contribution in [0.5, 0.6) is 0 Å². The zero-order valence-corrected chi connectivity index (χ0v) is 37.8. The van der Waals surface area contributed by atoms with E-state index in [4.69, 9.17) is 9.47 Å². The van der Waals surface area contributed by atoms with Gasteiger partial charge in [-0.2, -0.15) is 0 Å². The molecule has 9 nitrogen and oxygen atoms in total. The SMILES string of the molecule is CCCCCCCCCCCCCCCCC/C=C/[C@@H](O)[C@H](CO[C@H]1O[C@@H](CO)[C@H](O)C(O)C1O)NC(=O)CCCCCCCCCCCCCCCCCCCC. The number of hydrogen-bond acceptors (Lipinski definition) is 8. The summed E-state index contributed by atoms with van der Waals surface area (Å²) in [7, 11) is 0. The molecule has 1 heterocycles. The maximum atomic E-state index is 13.0. The van der Waals surface area contributed by atoms with Crippen LogP contribution in [0.1, 0.15) is 239 Å². The molecule has 0 radical (unpaired) electrons. The fraction of sp³-hybridized carbons (Fsp3) is 0.939. The molecule has 0 aromatic carbocycles. The summed E-state index contributed by atoms with van der Waals surface area (Å²) in [6.45, 7) is 3.80. The van der Waals surface area contributed by atoms with Gasteiger partial charge in [-0.05, 0) is 19.3 Å². The number of unbranched alkanes of at least 4 members (excludes halogenated alkanes) is 32. The first kappa shape index (κ1) is 54.9. The van der Waals surface area contributed by atoms with E-state index in [1.807, 2.05) is 6.08 Å². The fourth-order valence-electron chi connectivity index (χ4n) is 8.10. The third-order valence-electron chi connectivity index (χ3n) is 12.1. The highest BCUT2D eigenvalue weighted by molar-refractivity contribution is 5.76. The van der Waals surface area contributed by atoms with E-state index in [0.29, 0.717) is 6.42 Å². The number of rotatable bonds is 42. The molecule has 9 heteroatoms. The highest BCUT2D eigenvalue weighted by atomic mass is 16.7. The van der Waals surface area contributed by atoms with E-state index < -0.39 is 49.5 Å². The van der Waals surface area contributed by atoms with E-state index in [2.05, 4.69) is 19.2 Å². The van der Waals surface area contributed by atoms with Gasteiger partial charge >= 0.3 is 0 Å². The lowest BCUT2D eigenvalue weighted by Crippen LogP contribution is -2.60. The van der Waals surface area contributed by atoms with Gasteiger partial charge in [0, 0.05) is 6.42 Å². The van der Waals surface area contributed by atoms with Gasteiger partial charge in [-0.25, -0.2) is 0 Å². The van der Waals surface area contributed by atoms with E-state index in [-0.39, 0.29) is 12.5 Å². The normalized spacial score (nSPS) is 20.8. The van der Waals surface area contributed by atoms with Crippen molar-refractivity contribution < 1.29 is 39.8 Å². The largest absolute Gasteiger partial charge is 0.394 e. The summed E-state index contributed by atoms with van der Waals surface area (Å²) >= 11 is 0. The molecule has 0 aromatic rings. The van der Waals surface area contributed by atoms with E-state index in [0.717, 1.165) is 38.5 Å². The topological polar surface area (TPSA) is 149 Å². The highest BCUT2D eigenvalue weighted by Gasteiger charge is 2.44. The van der Waals surface area contributed by atoms with Crippen LogP contribution in [0.2, 0.25) is 0 Å². The summed E-state index contributed by atoms with van der Waals surface area (Å²) in [4.78, 5) is 13.0. The molecule has 1 fully saturated rings. The molecule has 344 valence electrons. The molecule has 0 bridgehead atoms. The summed E-state index contributed by atoms with van der Waals surface area (Å²) in [6, 6.07) is -0.798. The van der Waals surface area contributed by atoms with Crippen LogP contribution in [0.4, 0.5) is 0 Å². The van der Waals surface area contributed by atoms with Crippen LogP contribution < -0.4 is 5.32 Å². The lowest BCUT2D eigenvalue weighted by Gasteiger charge is -2.40. The summed E-state index contributed by atoms with van der Waals surface area (Å²) in [5.74, 6) is -0.172. The number of carbonyl (C=O) groups is 1. The molecule has 0 aromatic heterocycles. The lowest BCUT2D eigenvalue weighted by atomic mass is 9.99. The molecule has 0 saturated carbocycles. The Morgan fingerprint density at radius 1 is 0.569 bits per heavy atom. The van der Waals surface area contributed by atoms with Gasteiger partial charge < -0.3 is 40.3 Å². The number of nitrogens with one attached hydrogen (secondary N) is 1. The van der Waals surface area contributed by atoms with Crippen molar-refractivity contribution in [2.24, 2.45) is 0 Å². The van der Waals surface area contributed by atoms with Crippen LogP contribution in [-0.2, 0) is 14.3 Å². The van der Waals surface area contributed by atoms with Crippen molar-refractivity contribution in [3.05, 3.63) is 12.2 Å². The summed E-state index contributed by atoms with van der Waals surface area (Å²) in [6.07, 6.45) is 39.7. The third-order valence-corrected chi connectivity index (χ3v) is 12.1. The van der Waals surface area contributed by atoms with Crippen molar-refractivity contribution in [1.82, 2.24) is 5.32 Å². The number of ether oxygens (including phenoxy) is 2. The molecule has 0 aliphatic carbocycles. The Kier molecular flexibility index (Phi) is 37.9. The molecule has 2 unspecified atom stereocenters. The number of carbonyl (C=O) groups excluding carboxylic acids is 1. The maximum Gasteiger partial charge on any atom is 0.220 e. The van der Waals surface area contributed by atoms with E-state index in [1.165, 1.54) is 180 Å². The molecule has 1 amide bonds. The molecule has 6 N–H and O–H groups in total. The average molecular weight is 826 g/mol. The second-order valence-electron chi connectivity index (χ2n) is 17.6. The Labute approximate surface area is 356 Å². The Hall–Kier alpha value is -1.07. The van der Waals surface area contributed by atoms with Gasteiger partial charge in [0.2, 0.25) is 5.91 Å². The van der Waals surface area contributed by atoms with Crippen LogP contribution >= 0.6 is 0 Å². The van der Waals surface area contributed by atoms with Crippen LogP contribution in [0.25, 0.3) is 0 Å². The van der Waals surface area contributed by atoms with Crippen LogP contribution in [0.15, 0.2) is 12.2 Å². The van der Waals surface area contributed by atoms with E-state index in [9.17, 15) is 30.3 Å². The summed E-state index contributed by atoms with van der Waals surface area (Å²) in [5.41, 5.74) is 0. The third kappa shape index (κ3) is 30.0. The van der Waals surface area contributed by atoms with Crippen molar-refractivity contribution in [2.45, 2.75) is 281 Å². The maximum absolute atomic E-state index is 13.0. The smallest absolute Gasteiger partial charge is 0.220 e. The molecule has 1 aliphatic heterocycles. The zero-order chi connectivity index (χ0) is 42.3. The first-order chi connectivity index (χ1) is 28.3. The molecule has 1 aliphatic rings. The number of allylic oxidation sites excluding steroid dienone is 1. The highest BCUT2D eigenvalue weighted by Crippen LogP contribution is 2.23. The standard InChI is InChI=1S/C49H95NO8/c1-3-5-7-9-11-13-15-17-19-21-23-25-27-29-31-33-35-37-39-45(53)50-42(41-57-49-48(56)47(55)46(54)44(40-51)58-49)43(52)38-36-34-32-30-28-26-24-22-20-18-16-14-12-10-8-6-4-2/h36,38,42-44,46-49,51-52,54-56H,3-35,37,39-41H2,1-2H3,(H,50,53)/b38-36+/t42-,43+,44-,46-,47?,48?,49-/m0/s1. The summed E-state index contributed by atoms with van der Waals surface area (Å²) < 4.78 is 11.2. The van der Waals surface area contributed by atoms with Gasteiger partial charge in [0.1, 0.15) is 24.4 Å². The quantitative estimate of drug-likeness (QED) is 0.0263. The van der Waals surface area contributed by atoms with E-state index >= 15 is 0 Å². The Balaban J connectivity index is 2.31. The fourth-order valence-corrected chi connectivity index (χ4v) is 8.10. The van der Waals surface area contributed by atoms with Crippen molar-refractivity contribution in [1.29, 1.82) is 0 Å². The predicted octanol–water partition coefficient (Wildman–Crippen LogP) is 10.9. The minimum Gasteiger partial charge on any atom is -0.394 e. The Morgan fingerprint density at radius 3 is 1.34 bits per heavy atom.